The molecule has 0 spiro atoms. The minimum atomic E-state index is -0.199. The van der Waals surface area contributed by atoms with E-state index in [1.54, 1.807) is 6.33 Å². The van der Waals surface area contributed by atoms with Crippen LogP contribution in [0.2, 0.25) is 0 Å². The summed E-state index contributed by atoms with van der Waals surface area (Å²) in [7, 11) is 0. The molecule has 5 nitrogen and oxygen atoms in total. The minimum absolute atomic E-state index is 0.199. The number of likely N-dealkylation sites (tertiary alicyclic amines) is 1. The lowest BCUT2D eigenvalue weighted by Crippen LogP contribution is -2.37. The van der Waals surface area contributed by atoms with Crippen molar-refractivity contribution in [3.05, 3.63) is 42.0 Å². The second kappa shape index (κ2) is 8.13. The van der Waals surface area contributed by atoms with E-state index in [9.17, 15) is 5.11 Å². The highest BCUT2D eigenvalue weighted by Gasteiger charge is 2.17. The van der Waals surface area contributed by atoms with Crippen LogP contribution in [-0.4, -0.2) is 38.8 Å². The first kappa shape index (κ1) is 17.5. The van der Waals surface area contributed by atoms with Crippen molar-refractivity contribution in [2.75, 3.05) is 18.8 Å². The molecule has 0 bridgehead atoms. The van der Waals surface area contributed by atoms with E-state index in [4.69, 9.17) is 5.73 Å². The second-order valence-corrected chi connectivity index (χ2v) is 5.89. The molecule has 5 heteroatoms. The predicted octanol–water partition coefficient (Wildman–Crippen LogP) is 2.75. The number of nitrogen functional groups attached to an aromatic ring is 1. The Morgan fingerprint density at radius 3 is 2.74 bits per heavy atom. The molecule has 1 unspecified atom stereocenters. The fourth-order valence-electron chi connectivity index (χ4n) is 2.94. The largest absolute Gasteiger partial charge is 0.399 e. The van der Waals surface area contributed by atoms with Crippen LogP contribution in [-0.2, 0) is 6.54 Å². The molecule has 0 amide bonds. The minimum Gasteiger partial charge on any atom is -0.399 e. The van der Waals surface area contributed by atoms with E-state index in [2.05, 4.69) is 16.0 Å². The molecule has 1 aromatic heterocycles. The molecular formula is C18H28N4O. The van der Waals surface area contributed by atoms with Gasteiger partial charge in [-0.3, -0.25) is 4.90 Å². The maximum atomic E-state index is 9.77. The molecule has 1 saturated heterocycles. The van der Waals surface area contributed by atoms with Gasteiger partial charge in [-0.2, -0.15) is 0 Å². The quantitative estimate of drug-likeness (QED) is 0.855. The maximum Gasteiger partial charge on any atom is 0.0995 e. The third-order valence-corrected chi connectivity index (χ3v) is 3.90. The smallest absolute Gasteiger partial charge is 0.0995 e. The number of rotatable bonds is 3. The Balaban J connectivity index is 0.000000924. The zero-order valence-corrected chi connectivity index (χ0v) is 14.4. The van der Waals surface area contributed by atoms with Crippen molar-refractivity contribution in [2.45, 2.75) is 46.3 Å². The number of β-amino-alcohol motifs (C(OH)–C–C–N with tert-alkyl or cyclic N) is 1. The Hall–Kier alpha value is -1.85. The Morgan fingerprint density at radius 1 is 1.30 bits per heavy atom. The van der Waals surface area contributed by atoms with E-state index >= 15 is 0 Å². The number of aromatic nitrogens is 2. The maximum absolute atomic E-state index is 9.77. The summed E-state index contributed by atoms with van der Waals surface area (Å²) in [5.74, 6) is 0. The molecular weight excluding hydrogens is 288 g/mol. The van der Waals surface area contributed by atoms with Crippen LogP contribution in [0.5, 0.6) is 0 Å². The first-order valence-electron chi connectivity index (χ1n) is 8.41. The Bertz CT molecular complexity index is 623. The normalized spacial score (nSPS) is 18.3. The van der Waals surface area contributed by atoms with Crippen molar-refractivity contribution in [2.24, 2.45) is 0 Å². The number of hydrogen-bond donors (Lipinski definition) is 2. The topological polar surface area (TPSA) is 67.3 Å². The molecule has 0 aliphatic carbocycles. The Kier molecular flexibility index (Phi) is 6.19. The van der Waals surface area contributed by atoms with Crippen LogP contribution in [0.3, 0.4) is 0 Å². The third-order valence-electron chi connectivity index (χ3n) is 3.90. The van der Waals surface area contributed by atoms with Gasteiger partial charge in [-0.1, -0.05) is 13.8 Å². The summed E-state index contributed by atoms with van der Waals surface area (Å²) >= 11 is 0. The Labute approximate surface area is 138 Å². The van der Waals surface area contributed by atoms with Crippen molar-refractivity contribution in [3.63, 3.8) is 0 Å². The summed E-state index contributed by atoms with van der Waals surface area (Å²) in [6.07, 6.45) is 5.56. The van der Waals surface area contributed by atoms with Gasteiger partial charge >= 0.3 is 0 Å². The van der Waals surface area contributed by atoms with Crippen LogP contribution < -0.4 is 5.73 Å². The summed E-state index contributed by atoms with van der Waals surface area (Å²) in [4.78, 5) is 6.54. The molecule has 1 aromatic carbocycles. The highest BCUT2D eigenvalue weighted by Crippen LogP contribution is 2.20. The van der Waals surface area contributed by atoms with Crippen LogP contribution in [0.1, 0.15) is 37.9 Å². The van der Waals surface area contributed by atoms with Gasteiger partial charge in [0.2, 0.25) is 0 Å². The predicted molar refractivity (Wildman–Crippen MR) is 94.6 cm³/mol. The molecule has 2 aromatic rings. The van der Waals surface area contributed by atoms with Gasteiger partial charge < -0.3 is 15.4 Å². The summed E-state index contributed by atoms with van der Waals surface area (Å²) in [5.41, 5.74) is 9.98. The third kappa shape index (κ3) is 4.81. The van der Waals surface area contributed by atoms with Gasteiger partial charge in [-0.05, 0) is 50.1 Å². The van der Waals surface area contributed by atoms with Crippen molar-refractivity contribution in [3.8, 4) is 5.69 Å². The highest BCUT2D eigenvalue weighted by molar-refractivity contribution is 5.51. The average Bonchev–Trinajstić information content (AvgIpc) is 2.95. The number of benzene rings is 1. The number of aliphatic hydroxyl groups is 1. The van der Waals surface area contributed by atoms with Gasteiger partial charge in [0.1, 0.15) is 0 Å². The van der Waals surface area contributed by atoms with Gasteiger partial charge in [0.25, 0.3) is 0 Å². The summed E-state index contributed by atoms with van der Waals surface area (Å²) < 4.78 is 1.99. The lowest BCUT2D eigenvalue weighted by molar-refractivity contribution is 0.0668. The van der Waals surface area contributed by atoms with Crippen LogP contribution >= 0.6 is 0 Å². The number of imidazole rings is 1. The van der Waals surface area contributed by atoms with Crippen molar-refractivity contribution in [1.82, 2.24) is 14.5 Å². The zero-order valence-electron chi connectivity index (χ0n) is 14.4. The fourth-order valence-corrected chi connectivity index (χ4v) is 2.94. The van der Waals surface area contributed by atoms with Crippen molar-refractivity contribution >= 4 is 5.69 Å². The molecule has 1 aliphatic rings. The molecule has 126 valence electrons. The van der Waals surface area contributed by atoms with E-state index in [1.165, 1.54) is 5.56 Å². The number of hydrogen-bond acceptors (Lipinski definition) is 4. The van der Waals surface area contributed by atoms with Crippen LogP contribution in [0.4, 0.5) is 5.69 Å². The molecule has 23 heavy (non-hydrogen) atoms. The number of anilines is 1. The monoisotopic (exact) mass is 316 g/mol. The standard InChI is InChI=1S/C16H22N4O.C2H6/c1-12-8-20(11-18-12)15-6-13(5-14(17)7-15)9-19-4-2-3-16(21)10-19;1-2/h5-8,11,16,21H,2-4,9-10,17H2,1H3;1-2H3. The number of aryl methyl sites for hydroxylation is 1. The van der Waals surface area contributed by atoms with Gasteiger partial charge in [0.05, 0.1) is 18.1 Å². The van der Waals surface area contributed by atoms with Gasteiger partial charge in [0, 0.05) is 30.7 Å². The average molecular weight is 316 g/mol. The van der Waals surface area contributed by atoms with E-state index in [-0.39, 0.29) is 6.10 Å². The van der Waals surface area contributed by atoms with Crippen LogP contribution in [0.25, 0.3) is 5.69 Å². The highest BCUT2D eigenvalue weighted by atomic mass is 16.3. The van der Waals surface area contributed by atoms with Crippen molar-refractivity contribution < 1.29 is 5.11 Å². The van der Waals surface area contributed by atoms with Crippen molar-refractivity contribution in [1.29, 1.82) is 0 Å². The molecule has 3 N–H and O–H groups in total. The van der Waals surface area contributed by atoms with E-state index in [0.29, 0.717) is 0 Å². The van der Waals surface area contributed by atoms with Gasteiger partial charge in [0.15, 0.2) is 0 Å². The number of nitrogens with zero attached hydrogens (tertiary/aromatic N) is 3. The number of nitrogens with two attached hydrogens (primary N) is 1. The summed E-state index contributed by atoms with van der Waals surface area (Å²) in [5, 5.41) is 9.77. The lowest BCUT2D eigenvalue weighted by atomic mass is 10.1. The van der Waals surface area contributed by atoms with E-state index < -0.39 is 0 Å². The van der Waals surface area contributed by atoms with E-state index in [1.807, 2.05) is 43.7 Å². The van der Waals surface area contributed by atoms with Gasteiger partial charge in [-0.25, -0.2) is 4.98 Å². The van der Waals surface area contributed by atoms with E-state index in [0.717, 1.165) is 49.5 Å². The lowest BCUT2D eigenvalue weighted by Gasteiger charge is -2.30. The number of aliphatic hydroxyl groups excluding tert-OH is 1. The molecule has 3 rings (SSSR count). The zero-order chi connectivity index (χ0) is 16.8. The summed E-state index contributed by atoms with van der Waals surface area (Å²) in [6.45, 7) is 8.57. The molecule has 1 aliphatic heterocycles. The van der Waals surface area contributed by atoms with Gasteiger partial charge in [-0.15, -0.1) is 0 Å². The Morgan fingerprint density at radius 2 is 2.09 bits per heavy atom. The molecule has 0 radical (unpaired) electrons. The second-order valence-electron chi connectivity index (χ2n) is 5.89. The fraction of sp³-hybridized carbons (Fsp3) is 0.500. The first-order valence-corrected chi connectivity index (χ1v) is 8.41. The molecule has 1 atom stereocenters. The summed E-state index contributed by atoms with van der Waals surface area (Å²) in [6, 6.07) is 6.10. The van der Waals surface area contributed by atoms with Crippen LogP contribution in [0, 0.1) is 6.92 Å². The number of piperidine rings is 1. The molecule has 2 heterocycles. The van der Waals surface area contributed by atoms with Crippen LogP contribution in [0.15, 0.2) is 30.7 Å². The SMILES string of the molecule is CC.Cc1cn(-c2cc(N)cc(CN3CCCC(O)C3)c2)cn1. The molecule has 0 saturated carbocycles. The first-order chi connectivity index (χ1) is 11.1. The molecule has 1 fully saturated rings.